The molecule has 0 bridgehead atoms. The van der Waals surface area contributed by atoms with Gasteiger partial charge in [0.25, 0.3) is 0 Å². The van der Waals surface area contributed by atoms with Gasteiger partial charge in [0.2, 0.25) is 0 Å². The molecule has 1 saturated heterocycles. The Morgan fingerprint density at radius 1 is 1.19 bits per heavy atom. The Bertz CT molecular complexity index is 474. The van der Waals surface area contributed by atoms with Crippen LogP contribution in [0.5, 0.6) is 5.75 Å². The summed E-state index contributed by atoms with van der Waals surface area (Å²) in [5.74, 6) is 1.05. The number of benzene rings is 1. The van der Waals surface area contributed by atoms with E-state index in [4.69, 9.17) is 0 Å². The van der Waals surface area contributed by atoms with E-state index in [1.54, 1.807) is 0 Å². The maximum absolute atomic E-state index is 10.5. The average Bonchev–Trinajstić information content (AvgIpc) is 2.45. The lowest BCUT2D eigenvalue weighted by atomic mass is 9.95. The van der Waals surface area contributed by atoms with Crippen LogP contribution < -0.4 is 5.32 Å². The van der Waals surface area contributed by atoms with Gasteiger partial charge in [-0.15, -0.1) is 0 Å². The standard InChI is InChI=1S/C16H24Br2N2O/c1-11(2)3-4-15(20-7-5-19-6-8-20)13-9-12(17)10-14(18)16(13)21/h9-11,15,19,21H,3-8H2,1-2H3/t15-/m1/s1. The number of hydrogen-bond donors (Lipinski definition) is 2. The highest BCUT2D eigenvalue weighted by Gasteiger charge is 2.25. The van der Waals surface area contributed by atoms with Gasteiger partial charge in [0, 0.05) is 42.3 Å². The number of nitrogens with one attached hydrogen (secondary N) is 1. The zero-order chi connectivity index (χ0) is 15.4. The van der Waals surface area contributed by atoms with Gasteiger partial charge in [-0.2, -0.15) is 0 Å². The number of phenolic OH excluding ortho intramolecular Hbond substituents is 1. The van der Waals surface area contributed by atoms with Crippen LogP contribution in [-0.4, -0.2) is 36.2 Å². The molecule has 0 aromatic heterocycles. The molecule has 0 spiro atoms. The second-order valence-corrected chi connectivity index (χ2v) is 7.87. The van der Waals surface area contributed by atoms with Gasteiger partial charge in [0.1, 0.15) is 5.75 Å². The molecule has 5 heteroatoms. The first-order valence-electron chi connectivity index (χ1n) is 7.61. The lowest BCUT2D eigenvalue weighted by Crippen LogP contribution is -2.45. The largest absolute Gasteiger partial charge is 0.506 e. The van der Waals surface area contributed by atoms with E-state index in [1.165, 1.54) is 0 Å². The summed E-state index contributed by atoms with van der Waals surface area (Å²) >= 11 is 7.01. The number of nitrogens with zero attached hydrogens (tertiary/aromatic N) is 1. The molecule has 21 heavy (non-hydrogen) atoms. The third-order valence-corrected chi connectivity index (χ3v) is 5.09. The zero-order valence-corrected chi connectivity index (χ0v) is 15.9. The van der Waals surface area contributed by atoms with Crippen molar-refractivity contribution in [1.82, 2.24) is 10.2 Å². The van der Waals surface area contributed by atoms with Crippen molar-refractivity contribution in [3.8, 4) is 5.75 Å². The van der Waals surface area contributed by atoms with Crippen molar-refractivity contribution in [3.63, 3.8) is 0 Å². The molecule has 1 fully saturated rings. The summed E-state index contributed by atoms with van der Waals surface area (Å²) in [7, 11) is 0. The molecule has 0 aliphatic carbocycles. The van der Waals surface area contributed by atoms with Gasteiger partial charge in [0.15, 0.2) is 0 Å². The van der Waals surface area contributed by atoms with Crippen molar-refractivity contribution in [2.45, 2.75) is 32.7 Å². The second-order valence-electron chi connectivity index (χ2n) is 6.10. The molecule has 1 aromatic rings. The Balaban J connectivity index is 2.29. The summed E-state index contributed by atoms with van der Waals surface area (Å²) < 4.78 is 1.77. The Morgan fingerprint density at radius 3 is 2.48 bits per heavy atom. The fraction of sp³-hybridized carbons (Fsp3) is 0.625. The van der Waals surface area contributed by atoms with Crippen LogP contribution in [0.3, 0.4) is 0 Å². The molecule has 0 amide bonds. The van der Waals surface area contributed by atoms with Gasteiger partial charge in [-0.25, -0.2) is 0 Å². The maximum atomic E-state index is 10.5. The molecule has 1 aliphatic rings. The lowest BCUT2D eigenvalue weighted by Gasteiger charge is -2.36. The summed E-state index contributed by atoms with van der Waals surface area (Å²) in [4.78, 5) is 2.49. The van der Waals surface area contributed by atoms with Crippen LogP contribution in [0.25, 0.3) is 0 Å². The minimum absolute atomic E-state index is 0.281. The van der Waals surface area contributed by atoms with Crippen molar-refractivity contribution in [3.05, 3.63) is 26.6 Å². The fourth-order valence-electron chi connectivity index (χ4n) is 2.86. The first kappa shape index (κ1) is 17.3. The predicted octanol–water partition coefficient (Wildman–Crippen LogP) is 4.30. The fourth-order valence-corrected chi connectivity index (χ4v) is 4.12. The van der Waals surface area contributed by atoms with E-state index in [0.717, 1.165) is 53.5 Å². The lowest BCUT2D eigenvalue weighted by molar-refractivity contribution is 0.157. The van der Waals surface area contributed by atoms with Crippen molar-refractivity contribution >= 4 is 31.9 Å². The van der Waals surface area contributed by atoms with Crippen molar-refractivity contribution in [2.75, 3.05) is 26.2 Å². The first-order valence-corrected chi connectivity index (χ1v) is 9.20. The van der Waals surface area contributed by atoms with E-state index in [9.17, 15) is 5.11 Å². The summed E-state index contributed by atoms with van der Waals surface area (Å²) in [5.41, 5.74) is 1.03. The van der Waals surface area contributed by atoms with Crippen LogP contribution in [0.15, 0.2) is 21.1 Å². The normalized spacial score (nSPS) is 18.1. The Labute approximate surface area is 144 Å². The molecule has 0 saturated carbocycles. The highest BCUT2D eigenvalue weighted by atomic mass is 79.9. The van der Waals surface area contributed by atoms with E-state index in [2.05, 4.69) is 62.0 Å². The summed E-state index contributed by atoms with van der Waals surface area (Å²) in [6.45, 7) is 8.62. The summed E-state index contributed by atoms with van der Waals surface area (Å²) in [5, 5.41) is 13.9. The number of hydrogen-bond acceptors (Lipinski definition) is 3. The van der Waals surface area contributed by atoms with Gasteiger partial charge < -0.3 is 10.4 Å². The van der Waals surface area contributed by atoms with Crippen LogP contribution in [0, 0.1) is 5.92 Å². The number of rotatable bonds is 5. The van der Waals surface area contributed by atoms with Crippen molar-refractivity contribution in [1.29, 1.82) is 0 Å². The molecule has 2 rings (SSSR count). The third kappa shape index (κ3) is 4.68. The number of aromatic hydroxyl groups is 1. The highest BCUT2D eigenvalue weighted by molar-refractivity contribution is 9.11. The van der Waals surface area contributed by atoms with Gasteiger partial charge in [-0.3, -0.25) is 4.90 Å². The minimum atomic E-state index is 0.281. The zero-order valence-electron chi connectivity index (χ0n) is 12.7. The SMILES string of the molecule is CC(C)CC[C@H](c1cc(Br)cc(Br)c1O)N1CCNCC1. The van der Waals surface area contributed by atoms with E-state index in [1.807, 2.05) is 6.07 Å². The number of phenols is 1. The van der Waals surface area contributed by atoms with Crippen LogP contribution in [0.2, 0.25) is 0 Å². The third-order valence-electron chi connectivity index (χ3n) is 4.03. The smallest absolute Gasteiger partial charge is 0.134 e. The maximum Gasteiger partial charge on any atom is 0.134 e. The molecular weight excluding hydrogens is 396 g/mol. The molecule has 1 aliphatic heterocycles. The Morgan fingerprint density at radius 2 is 1.86 bits per heavy atom. The van der Waals surface area contributed by atoms with E-state index in [0.29, 0.717) is 11.7 Å². The quantitative estimate of drug-likeness (QED) is 0.746. The van der Waals surface area contributed by atoms with E-state index < -0.39 is 0 Å². The molecule has 3 nitrogen and oxygen atoms in total. The molecule has 1 heterocycles. The summed E-state index contributed by atoms with van der Waals surface area (Å²) in [6, 6.07) is 4.24. The molecule has 0 radical (unpaired) electrons. The van der Waals surface area contributed by atoms with Crippen molar-refractivity contribution < 1.29 is 5.11 Å². The molecule has 1 atom stereocenters. The van der Waals surface area contributed by atoms with Crippen molar-refractivity contribution in [2.24, 2.45) is 5.92 Å². The van der Waals surface area contributed by atoms with Crippen LogP contribution >= 0.6 is 31.9 Å². The van der Waals surface area contributed by atoms with Crippen LogP contribution in [0.1, 0.15) is 38.3 Å². The monoisotopic (exact) mass is 418 g/mol. The number of halogens is 2. The van der Waals surface area contributed by atoms with Crippen LogP contribution in [0.4, 0.5) is 0 Å². The predicted molar refractivity (Wildman–Crippen MR) is 94.8 cm³/mol. The minimum Gasteiger partial charge on any atom is -0.506 e. The molecular formula is C16H24Br2N2O. The summed E-state index contributed by atoms with van der Waals surface area (Å²) in [6.07, 6.45) is 2.24. The van der Waals surface area contributed by atoms with Gasteiger partial charge >= 0.3 is 0 Å². The molecule has 1 aromatic carbocycles. The first-order chi connectivity index (χ1) is 9.99. The number of piperazine rings is 1. The molecule has 0 unspecified atom stereocenters. The topological polar surface area (TPSA) is 35.5 Å². The Hall–Kier alpha value is -0.100. The Kier molecular flexibility index (Phi) is 6.53. The highest BCUT2D eigenvalue weighted by Crippen LogP contribution is 2.39. The van der Waals surface area contributed by atoms with E-state index in [-0.39, 0.29) is 6.04 Å². The van der Waals surface area contributed by atoms with E-state index >= 15 is 0 Å². The molecule has 2 N–H and O–H groups in total. The van der Waals surface area contributed by atoms with Crippen LogP contribution in [-0.2, 0) is 0 Å². The molecule has 118 valence electrons. The second kappa shape index (κ2) is 7.95. The average molecular weight is 420 g/mol. The van der Waals surface area contributed by atoms with Gasteiger partial charge in [-0.05, 0) is 46.8 Å². The van der Waals surface area contributed by atoms with Gasteiger partial charge in [0.05, 0.1) is 4.47 Å². The van der Waals surface area contributed by atoms with Gasteiger partial charge in [-0.1, -0.05) is 29.8 Å².